The Morgan fingerprint density at radius 2 is 2.24 bits per heavy atom. The van der Waals surface area contributed by atoms with E-state index in [4.69, 9.17) is 5.11 Å². The van der Waals surface area contributed by atoms with Crippen molar-refractivity contribution >= 4 is 23.2 Å². The van der Waals surface area contributed by atoms with Gasteiger partial charge in [-0.25, -0.2) is 4.79 Å². The molecule has 0 aliphatic carbocycles. The lowest BCUT2D eigenvalue weighted by Gasteiger charge is -2.20. The number of aliphatic hydroxyl groups excluding tert-OH is 1. The van der Waals surface area contributed by atoms with Crippen LogP contribution in [0.15, 0.2) is 11.4 Å². The Morgan fingerprint density at radius 1 is 1.53 bits per heavy atom. The zero-order valence-corrected chi connectivity index (χ0v) is 10.1. The third-order valence-corrected chi connectivity index (χ3v) is 3.89. The number of carbonyl (C=O) groups is 2. The summed E-state index contributed by atoms with van der Waals surface area (Å²) >= 11 is 1.29. The van der Waals surface area contributed by atoms with Gasteiger partial charge in [-0.2, -0.15) is 0 Å². The molecule has 1 aliphatic rings. The van der Waals surface area contributed by atoms with E-state index < -0.39 is 18.1 Å². The van der Waals surface area contributed by atoms with E-state index in [9.17, 15) is 14.7 Å². The molecule has 0 spiro atoms. The smallest absolute Gasteiger partial charge is 0.326 e. The van der Waals surface area contributed by atoms with Crippen LogP contribution in [0.25, 0.3) is 0 Å². The van der Waals surface area contributed by atoms with Crippen LogP contribution in [-0.4, -0.2) is 45.7 Å². The number of hydrogen-bond acceptors (Lipinski definition) is 4. The first-order valence-corrected chi connectivity index (χ1v) is 6.14. The first kappa shape index (κ1) is 12.1. The van der Waals surface area contributed by atoms with Crippen molar-refractivity contribution in [2.75, 3.05) is 6.54 Å². The molecule has 5 nitrogen and oxygen atoms in total. The molecule has 6 heteroatoms. The lowest BCUT2D eigenvalue weighted by Crippen LogP contribution is -2.40. The summed E-state index contributed by atoms with van der Waals surface area (Å²) in [5.41, 5.74) is 0.838. The minimum atomic E-state index is -1.07. The molecule has 1 amide bonds. The normalized spacial score (nSPS) is 24.0. The minimum Gasteiger partial charge on any atom is -0.480 e. The van der Waals surface area contributed by atoms with Crippen molar-refractivity contribution in [1.29, 1.82) is 0 Å². The fourth-order valence-electron chi connectivity index (χ4n) is 1.99. The highest BCUT2D eigenvalue weighted by Gasteiger charge is 2.39. The number of rotatable bonds is 2. The van der Waals surface area contributed by atoms with E-state index in [0.29, 0.717) is 4.88 Å². The summed E-state index contributed by atoms with van der Waals surface area (Å²) in [6, 6.07) is 0.902. The Labute approximate surface area is 102 Å². The van der Waals surface area contributed by atoms with E-state index in [1.54, 1.807) is 5.38 Å². The Bertz CT molecular complexity index is 456. The predicted octanol–water partition coefficient (Wildman–Crippen LogP) is 0.717. The third kappa shape index (κ3) is 2.18. The molecule has 2 atom stereocenters. The number of likely N-dealkylation sites (tertiary alicyclic amines) is 1. The summed E-state index contributed by atoms with van der Waals surface area (Å²) in [6.45, 7) is 1.90. The summed E-state index contributed by atoms with van der Waals surface area (Å²) in [5, 5.41) is 20.3. The summed E-state index contributed by atoms with van der Waals surface area (Å²) in [6.07, 6.45) is -0.647. The fraction of sp³-hybridized carbons (Fsp3) is 0.455. The van der Waals surface area contributed by atoms with Crippen molar-refractivity contribution in [3.05, 3.63) is 21.9 Å². The van der Waals surface area contributed by atoms with Gasteiger partial charge in [0.2, 0.25) is 0 Å². The second-order valence-electron chi connectivity index (χ2n) is 4.13. The number of β-amino-alcohol motifs (C(OH)–C–C–N with tert-alkyl or cyclic N) is 1. The molecule has 17 heavy (non-hydrogen) atoms. The van der Waals surface area contributed by atoms with Gasteiger partial charge in [0.25, 0.3) is 5.91 Å². The maximum Gasteiger partial charge on any atom is 0.326 e. The first-order chi connectivity index (χ1) is 8.00. The van der Waals surface area contributed by atoms with E-state index in [1.807, 2.05) is 13.0 Å². The molecule has 2 N–H and O–H groups in total. The van der Waals surface area contributed by atoms with Gasteiger partial charge in [-0.15, -0.1) is 11.3 Å². The number of aliphatic carboxylic acids is 1. The van der Waals surface area contributed by atoms with Gasteiger partial charge in [0.05, 0.1) is 11.0 Å². The summed E-state index contributed by atoms with van der Waals surface area (Å²) in [7, 11) is 0. The third-order valence-electron chi connectivity index (χ3n) is 2.88. The van der Waals surface area contributed by atoms with Crippen molar-refractivity contribution in [3.8, 4) is 0 Å². The lowest BCUT2D eigenvalue weighted by molar-refractivity contribution is -0.141. The van der Waals surface area contributed by atoms with Crippen molar-refractivity contribution in [2.45, 2.75) is 25.5 Å². The van der Waals surface area contributed by atoms with Gasteiger partial charge in [-0.1, -0.05) is 0 Å². The van der Waals surface area contributed by atoms with Gasteiger partial charge in [0.1, 0.15) is 6.04 Å². The molecule has 1 unspecified atom stereocenters. The molecular formula is C11H13NO4S. The second kappa shape index (κ2) is 4.46. The molecule has 1 aromatic rings. The topological polar surface area (TPSA) is 77.8 Å². The van der Waals surface area contributed by atoms with Crippen molar-refractivity contribution in [3.63, 3.8) is 0 Å². The van der Waals surface area contributed by atoms with Crippen LogP contribution < -0.4 is 0 Å². The van der Waals surface area contributed by atoms with E-state index in [0.717, 1.165) is 5.56 Å². The lowest BCUT2D eigenvalue weighted by atomic mass is 10.2. The maximum absolute atomic E-state index is 12.2. The number of aryl methyl sites for hydroxylation is 1. The number of carbonyl (C=O) groups excluding carboxylic acids is 1. The molecule has 2 heterocycles. The van der Waals surface area contributed by atoms with Crippen LogP contribution in [0.2, 0.25) is 0 Å². The molecule has 1 aromatic heterocycles. The van der Waals surface area contributed by atoms with Gasteiger partial charge < -0.3 is 15.1 Å². The zero-order chi connectivity index (χ0) is 12.6. The van der Waals surface area contributed by atoms with Crippen molar-refractivity contribution in [1.82, 2.24) is 4.90 Å². The Balaban J connectivity index is 2.25. The van der Waals surface area contributed by atoms with E-state index in [2.05, 4.69) is 0 Å². The molecule has 1 fully saturated rings. The highest BCUT2D eigenvalue weighted by atomic mass is 32.1. The molecule has 0 bridgehead atoms. The van der Waals surface area contributed by atoms with Gasteiger partial charge >= 0.3 is 5.97 Å². The molecule has 92 valence electrons. The maximum atomic E-state index is 12.2. The highest BCUT2D eigenvalue weighted by Crippen LogP contribution is 2.24. The number of carboxylic acid groups (broad SMARTS) is 1. The Hall–Kier alpha value is -1.40. The second-order valence-corrected chi connectivity index (χ2v) is 5.05. The van der Waals surface area contributed by atoms with E-state index in [1.165, 1.54) is 16.2 Å². The monoisotopic (exact) mass is 255 g/mol. The SMILES string of the molecule is Cc1ccsc1C(=O)N1CC(O)C[C@H]1C(=O)O. The average Bonchev–Trinajstić information content (AvgIpc) is 2.83. The molecule has 0 saturated carbocycles. The van der Waals surface area contributed by atoms with Gasteiger partial charge in [-0.05, 0) is 23.9 Å². The molecular weight excluding hydrogens is 242 g/mol. The van der Waals surface area contributed by atoms with Crippen molar-refractivity contribution < 1.29 is 19.8 Å². The van der Waals surface area contributed by atoms with Crippen LogP contribution in [0.5, 0.6) is 0 Å². The van der Waals surface area contributed by atoms with Crippen LogP contribution >= 0.6 is 11.3 Å². The largest absolute Gasteiger partial charge is 0.480 e. The summed E-state index contributed by atoms with van der Waals surface area (Å²) in [4.78, 5) is 25.0. The molecule has 1 saturated heterocycles. The van der Waals surface area contributed by atoms with Crippen LogP contribution in [-0.2, 0) is 4.79 Å². The van der Waals surface area contributed by atoms with E-state index >= 15 is 0 Å². The number of nitrogens with zero attached hydrogens (tertiary/aromatic N) is 1. The van der Waals surface area contributed by atoms with Crippen LogP contribution in [0, 0.1) is 6.92 Å². The number of aliphatic hydroxyl groups is 1. The van der Waals surface area contributed by atoms with Gasteiger partial charge in [0.15, 0.2) is 0 Å². The van der Waals surface area contributed by atoms with Gasteiger partial charge in [-0.3, -0.25) is 4.79 Å². The van der Waals surface area contributed by atoms with Gasteiger partial charge in [0, 0.05) is 13.0 Å². The number of thiophene rings is 1. The number of amides is 1. The van der Waals surface area contributed by atoms with Crippen LogP contribution in [0.4, 0.5) is 0 Å². The fourth-order valence-corrected chi connectivity index (χ4v) is 2.87. The Morgan fingerprint density at radius 3 is 2.76 bits per heavy atom. The predicted molar refractivity (Wildman–Crippen MR) is 62.1 cm³/mol. The zero-order valence-electron chi connectivity index (χ0n) is 9.29. The standard InChI is InChI=1S/C11H13NO4S/c1-6-2-3-17-9(6)10(14)12-5-7(13)4-8(12)11(15)16/h2-3,7-8,13H,4-5H2,1H3,(H,15,16)/t7?,8-/m0/s1. The van der Waals surface area contributed by atoms with Crippen LogP contribution in [0.1, 0.15) is 21.7 Å². The molecule has 2 rings (SSSR count). The number of hydrogen-bond donors (Lipinski definition) is 2. The first-order valence-electron chi connectivity index (χ1n) is 5.26. The van der Waals surface area contributed by atoms with Crippen LogP contribution in [0.3, 0.4) is 0 Å². The minimum absolute atomic E-state index is 0.0904. The Kier molecular flexibility index (Phi) is 3.17. The number of carboxylic acids is 1. The summed E-state index contributed by atoms with van der Waals surface area (Å²) < 4.78 is 0. The summed E-state index contributed by atoms with van der Waals surface area (Å²) in [5.74, 6) is -1.37. The molecule has 1 aliphatic heterocycles. The highest BCUT2D eigenvalue weighted by molar-refractivity contribution is 7.12. The van der Waals surface area contributed by atoms with Crippen molar-refractivity contribution in [2.24, 2.45) is 0 Å². The van der Waals surface area contributed by atoms with E-state index in [-0.39, 0.29) is 18.9 Å². The quantitative estimate of drug-likeness (QED) is 0.816. The average molecular weight is 255 g/mol. The molecule has 0 radical (unpaired) electrons. The molecule has 0 aromatic carbocycles.